The third kappa shape index (κ3) is 2.92. The second-order valence-corrected chi connectivity index (χ2v) is 8.61. The molecule has 0 amide bonds. The van der Waals surface area contributed by atoms with Crippen LogP contribution in [0.5, 0.6) is 0 Å². The van der Waals surface area contributed by atoms with Gasteiger partial charge < -0.3 is 11.1 Å². The van der Waals surface area contributed by atoms with Crippen molar-refractivity contribution in [2.45, 2.75) is 37.5 Å². The molecule has 0 heterocycles. The van der Waals surface area contributed by atoms with E-state index < -0.39 is 14.6 Å². The van der Waals surface area contributed by atoms with E-state index in [-0.39, 0.29) is 6.04 Å². The Morgan fingerprint density at radius 3 is 2.74 bits per heavy atom. The predicted octanol–water partition coefficient (Wildman–Crippen LogP) is 1.67. The van der Waals surface area contributed by atoms with E-state index in [1.54, 1.807) is 13.8 Å². The summed E-state index contributed by atoms with van der Waals surface area (Å²) in [5.41, 5.74) is 9.09. The van der Waals surface area contributed by atoms with E-state index in [9.17, 15) is 8.42 Å². The molecule has 0 radical (unpaired) electrons. The van der Waals surface area contributed by atoms with E-state index >= 15 is 0 Å². The van der Waals surface area contributed by atoms with Gasteiger partial charge in [-0.05, 0) is 49.9 Å². The lowest BCUT2D eigenvalue weighted by atomic mass is 10.1. The molecule has 1 aliphatic rings. The van der Waals surface area contributed by atoms with Gasteiger partial charge in [0, 0.05) is 24.5 Å². The summed E-state index contributed by atoms with van der Waals surface area (Å²) in [6.45, 7) is 3.97. The van der Waals surface area contributed by atoms with E-state index in [2.05, 4.69) is 5.32 Å². The summed E-state index contributed by atoms with van der Waals surface area (Å²) < 4.78 is 22.6. The molecule has 1 aliphatic carbocycles. The van der Waals surface area contributed by atoms with Gasteiger partial charge in [-0.25, -0.2) is 8.42 Å². The van der Waals surface area contributed by atoms with Crippen LogP contribution in [-0.4, -0.2) is 26.0 Å². The van der Waals surface area contributed by atoms with Crippen LogP contribution in [0.1, 0.15) is 37.4 Å². The Morgan fingerprint density at radius 1 is 1.42 bits per heavy atom. The van der Waals surface area contributed by atoms with E-state index in [0.717, 1.165) is 18.5 Å². The van der Waals surface area contributed by atoms with Crippen molar-refractivity contribution in [1.29, 1.82) is 0 Å². The first-order chi connectivity index (χ1) is 8.71. The topological polar surface area (TPSA) is 72.2 Å². The number of sulfone groups is 1. The molecule has 3 N–H and O–H groups in total. The molecule has 1 aromatic carbocycles. The third-order valence-electron chi connectivity index (χ3n) is 4.02. The number of nitrogens with two attached hydrogens (primary N) is 1. The van der Waals surface area contributed by atoms with Crippen LogP contribution in [0.15, 0.2) is 18.2 Å². The van der Waals surface area contributed by atoms with Crippen molar-refractivity contribution < 1.29 is 8.42 Å². The van der Waals surface area contributed by atoms with Crippen LogP contribution in [0.25, 0.3) is 0 Å². The molecule has 0 saturated carbocycles. The van der Waals surface area contributed by atoms with Gasteiger partial charge >= 0.3 is 0 Å². The third-order valence-corrected chi connectivity index (χ3v) is 6.17. The van der Waals surface area contributed by atoms with Gasteiger partial charge in [-0.2, -0.15) is 0 Å². The Kier molecular flexibility index (Phi) is 3.62. The van der Waals surface area contributed by atoms with E-state index in [1.165, 1.54) is 17.4 Å². The molecule has 0 aliphatic heterocycles. The molecule has 1 unspecified atom stereocenters. The number of anilines is 1. The summed E-state index contributed by atoms with van der Waals surface area (Å²) >= 11 is 0. The van der Waals surface area contributed by atoms with Crippen LogP contribution in [0.4, 0.5) is 5.69 Å². The Bertz CT molecular complexity index is 579. The zero-order valence-electron chi connectivity index (χ0n) is 11.7. The second kappa shape index (κ2) is 4.80. The van der Waals surface area contributed by atoms with E-state index in [4.69, 9.17) is 5.73 Å². The maximum absolute atomic E-state index is 11.7. The summed E-state index contributed by atoms with van der Waals surface area (Å²) in [5, 5.41) is 3.38. The fraction of sp³-hybridized carbons (Fsp3) is 0.571. The number of aryl methyl sites for hydroxylation is 1. The van der Waals surface area contributed by atoms with Crippen molar-refractivity contribution in [2.75, 3.05) is 18.5 Å². The highest BCUT2D eigenvalue weighted by atomic mass is 32.2. The molecular weight excluding hydrogens is 260 g/mol. The lowest BCUT2D eigenvalue weighted by Gasteiger charge is -2.25. The van der Waals surface area contributed by atoms with Gasteiger partial charge in [-0.1, -0.05) is 6.07 Å². The zero-order chi connectivity index (χ0) is 14.3. The fourth-order valence-electron chi connectivity index (χ4n) is 2.35. The van der Waals surface area contributed by atoms with Crippen molar-refractivity contribution in [3.05, 3.63) is 29.3 Å². The zero-order valence-corrected chi connectivity index (χ0v) is 12.5. The SMILES string of the molecule is CC(C)(CNC1CCc2cc(N)ccc21)S(C)(=O)=O. The molecule has 106 valence electrons. The number of fused-ring (bicyclic) bond motifs is 1. The number of hydrogen-bond donors (Lipinski definition) is 2. The highest BCUT2D eigenvalue weighted by Crippen LogP contribution is 2.32. The molecule has 19 heavy (non-hydrogen) atoms. The van der Waals surface area contributed by atoms with Crippen molar-refractivity contribution >= 4 is 15.5 Å². The molecule has 1 atom stereocenters. The lowest BCUT2D eigenvalue weighted by Crippen LogP contribution is -2.42. The average Bonchev–Trinajstić information content (AvgIpc) is 2.67. The van der Waals surface area contributed by atoms with Gasteiger partial charge in [0.05, 0.1) is 4.75 Å². The van der Waals surface area contributed by atoms with Crippen molar-refractivity contribution in [1.82, 2.24) is 5.32 Å². The van der Waals surface area contributed by atoms with Gasteiger partial charge in [0.2, 0.25) is 0 Å². The molecular formula is C14H22N2O2S. The van der Waals surface area contributed by atoms with Crippen LogP contribution in [0.2, 0.25) is 0 Å². The maximum atomic E-state index is 11.7. The molecule has 2 rings (SSSR count). The van der Waals surface area contributed by atoms with Gasteiger partial charge in [0.15, 0.2) is 9.84 Å². The van der Waals surface area contributed by atoms with Gasteiger partial charge in [-0.3, -0.25) is 0 Å². The summed E-state index contributed by atoms with van der Waals surface area (Å²) in [6.07, 6.45) is 3.29. The molecule has 0 saturated heterocycles. The van der Waals surface area contributed by atoms with Crippen molar-refractivity contribution in [3.63, 3.8) is 0 Å². The van der Waals surface area contributed by atoms with Gasteiger partial charge in [0.25, 0.3) is 0 Å². The Hall–Kier alpha value is -1.07. The van der Waals surface area contributed by atoms with E-state index in [1.807, 2.05) is 18.2 Å². The fourth-order valence-corrected chi connectivity index (χ4v) is 2.70. The smallest absolute Gasteiger partial charge is 0.153 e. The number of nitrogen functional groups attached to an aromatic ring is 1. The summed E-state index contributed by atoms with van der Waals surface area (Å²) in [5.74, 6) is 0. The molecule has 0 spiro atoms. The molecule has 5 heteroatoms. The number of rotatable bonds is 4. The Labute approximate surface area is 115 Å². The molecule has 0 bridgehead atoms. The molecule has 4 nitrogen and oxygen atoms in total. The maximum Gasteiger partial charge on any atom is 0.153 e. The standard InChI is InChI=1S/C14H22N2O2S/c1-14(2,19(3,17)18)9-16-13-7-4-10-8-11(15)5-6-12(10)13/h5-6,8,13,16H,4,7,9,15H2,1-3H3. The normalized spacial score (nSPS) is 19.4. The highest BCUT2D eigenvalue weighted by molar-refractivity contribution is 7.92. The summed E-state index contributed by atoms with van der Waals surface area (Å²) in [6, 6.07) is 6.19. The van der Waals surface area contributed by atoms with Crippen LogP contribution < -0.4 is 11.1 Å². The van der Waals surface area contributed by atoms with Crippen molar-refractivity contribution in [3.8, 4) is 0 Å². The first-order valence-electron chi connectivity index (χ1n) is 6.52. The van der Waals surface area contributed by atoms with Gasteiger partial charge in [-0.15, -0.1) is 0 Å². The van der Waals surface area contributed by atoms with Crippen LogP contribution in [-0.2, 0) is 16.3 Å². The number of nitrogens with one attached hydrogen (secondary N) is 1. The highest BCUT2D eigenvalue weighted by Gasteiger charge is 2.32. The number of hydrogen-bond acceptors (Lipinski definition) is 4. The van der Waals surface area contributed by atoms with Crippen LogP contribution in [0.3, 0.4) is 0 Å². The monoisotopic (exact) mass is 282 g/mol. The van der Waals surface area contributed by atoms with E-state index in [0.29, 0.717) is 6.54 Å². The Morgan fingerprint density at radius 2 is 2.11 bits per heavy atom. The summed E-state index contributed by atoms with van der Waals surface area (Å²) in [7, 11) is -3.06. The molecule has 0 fully saturated rings. The minimum Gasteiger partial charge on any atom is -0.399 e. The lowest BCUT2D eigenvalue weighted by molar-refractivity contribution is 0.470. The minimum absolute atomic E-state index is 0.233. The van der Waals surface area contributed by atoms with Crippen LogP contribution in [0, 0.1) is 0 Å². The van der Waals surface area contributed by atoms with Crippen molar-refractivity contribution in [2.24, 2.45) is 0 Å². The Balaban J connectivity index is 2.08. The molecule has 0 aromatic heterocycles. The largest absolute Gasteiger partial charge is 0.399 e. The first-order valence-corrected chi connectivity index (χ1v) is 8.41. The second-order valence-electron chi connectivity index (χ2n) is 5.96. The van der Waals surface area contributed by atoms with Crippen LogP contribution >= 0.6 is 0 Å². The van der Waals surface area contributed by atoms with Gasteiger partial charge in [0.1, 0.15) is 0 Å². The first kappa shape index (κ1) is 14.3. The number of benzene rings is 1. The quantitative estimate of drug-likeness (QED) is 0.824. The minimum atomic E-state index is -3.06. The molecule has 1 aromatic rings. The predicted molar refractivity (Wildman–Crippen MR) is 78.8 cm³/mol. The average molecular weight is 282 g/mol. The summed E-state index contributed by atoms with van der Waals surface area (Å²) in [4.78, 5) is 0.